The molecule has 0 amide bonds. The quantitative estimate of drug-likeness (QED) is 0.205. The number of aromatic nitrogens is 1. The molecule has 0 bridgehead atoms. The fraction of sp³-hybridized carbons (Fsp3) is 0.235. The molecule has 3 aromatic carbocycles. The highest BCUT2D eigenvalue weighted by molar-refractivity contribution is 9.10. The van der Waals surface area contributed by atoms with Crippen LogP contribution in [0.5, 0.6) is 17.2 Å². The molecule has 1 aliphatic heterocycles. The maximum Gasteiger partial charge on any atom is 0.338 e. The SMILES string of the molecule is CCOC(=O)C1=C(C)N=c2s/c(=C\c3cc(Br)cc(OC)c3OCc3ccc(C#N)cc3)c(=O)n2[C@H]1c1ccc(OCC)cc1. The Bertz CT molecular complexity index is 1990. The molecule has 5 rings (SSSR count). The van der Waals surface area contributed by atoms with Gasteiger partial charge >= 0.3 is 5.97 Å². The van der Waals surface area contributed by atoms with Crippen molar-refractivity contribution in [3.8, 4) is 23.3 Å². The van der Waals surface area contributed by atoms with E-state index >= 15 is 0 Å². The summed E-state index contributed by atoms with van der Waals surface area (Å²) in [7, 11) is 1.55. The van der Waals surface area contributed by atoms with Crippen LogP contribution in [0.15, 0.2) is 86.2 Å². The smallest absolute Gasteiger partial charge is 0.338 e. The lowest BCUT2D eigenvalue weighted by Crippen LogP contribution is -2.39. The molecule has 4 aromatic rings. The fourth-order valence-electron chi connectivity index (χ4n) is 4.99. The van der Waals surface area contributed by atoms with E-state index in [9.17, 15) is 9.59 Å². The monoisotopic (exact) mass is 687 g/mol. The van der Waals surface area contributed by atoms with Crippen molar-refractivity contribution in [3.63, 3.8) is 0 Å². The molecule has 11 heteroatoms. The number of hydrogen-bond acceptors (Lipinski definition) is 9. The van der Waals surface area contributed by atoms with Crippen molar-refractivity contribution in [2.24, 2.45) is 4.99 Å². The summed E-state index contributed by atoms with van der Waals surface area (Å²) in [6, 6.07) is 19.4. The molecule has 230 valence electrons. The lowest BCUT2D eigenvalue weighted by Gasteiger charge is -2.24. The first-order valence-corrected chi connectivity index (χ1v) is 15.8. The van der Waals surface area contributed by atoms with Crippen LogP contribution in [0.1, 0.15) is 49.1 Å². The van der Waals surface area contributed by atoms with Crippen LogP contribution >= 0.6 is 27.3 Å². The van der Waals surface area contributed by atoms with Crippen molar-refractivity contribution in [2.75, 3.05) is 20.3 Å². The molecule has 1 atom stereocenters. The lowest BCUT2D eigenvalue weighted by molar-refractivity contribution is -0.139. The third-order valence-corrected chi connectivity index (χ3v) is 8.49. The molecule has 9 nitrogen and oxygen atoms in total. The second kappa shape index (κ2) is 14.0. The molecular formula is C34H30BrN3O6S. The zero-order chi connectivity index (χ0) is 32.1. The Kier molecular flexibility index (Phi) is 9.86. The number of fused-ring (bicyclic) bond motifs is 1. The van der Waals surface area contributed by atoms with Crippen LogP contribution in [0, 0.1) is 11.3 Å². The predicted octanol–water partition coefficient (Wildman–Crippen LogP) is 5.42. The summed E-state index contributed by atoms with van der Waals surface area (Å²) < 4.78 is 25.5. The van der Waals surface area contributed by atoms with Crippen LogP contribution in [-0.2, 0) is 16.1 Å². The molecule has 0 unspecified atom stereocenters. The second-order valence-electron chi connectivity index (χ2n) is 9.93. The van der Waals surface area contributed by atoms with E-state index in [0.29, 0.717) is 55.6 Å². The van der Waals surface area contributed by atoms with Gasteiger partial charge in [-0.3, -0.25) is 9.36 Å². The predicted molar refractivity (Wildman–Crippen MR) is 174 cm³/mol. The lowest BCUT2D eigenvalue weighted by atomic mass is 9.96. The van der Waals surface area contributed by atoms with Crippen LogP contribution < -0.4 is 29.1 Å². The largest absolute Gasteiger partial charge is 0.494 e. The number of rotatable bonds is 10. The molecule has 0 fully saturated rings. The first kappa shape index (κ1) is 31.8. The van der Waals surface area contributed by atoms with Crippen LogP contribution in [0.3, 0.4) is 0 Å². The molecule has 1 aromatic heterocycles. The number of carbonyl (C=O) groups excluding carboxylic acids is 1. The minimum atomic E-state index is -0.748. The number of allylic oxidation sites excluding steroid dienone is 1. The van der Waals surface area contributed by atoms with Gasteiger partial charge < -0.3 is 18.9 Å². The first-order chi connectivity index (χ1) is 21.8. The number of thiazole rings is 1. The van der Waals surface area contributed by atoms with E-state index in [1.54, 1.807) is 45.2 Å². The summed E-state index contributed by atoms with van der Waals surface area (Å²) in [5.41, 5.74) is 3.22. The summed E-state index contributed by atoms with van der Waals surface area (Å²) in [5.74, 6) is 1.08. The molecule has 2 heterocycles. The Hall–Kier alpha value is -4.66. The molecular weight excluding hydrogens is 658 g/mol. The van der Waals surface area contributed by atoms with Crippen molar-refractivity contribution in [1.29, 1.82) is 5.26 Å². The first-order valence-electron chi connectivity index (χ1n) is 14.2. The minimum Gasteiger partial charge on any atom is -0.494 e. The van der Waals surface area contributed by atoms with Crippen LogP contribution in [0.4, 0.5) is 0 Å². The normalized spacial score (nSPS) is 14.3. The molecule has 0 N–H and O–H groups in total. The number of nitriles is 1. The van der Waals surface area contributed by atoms with Gasteiger partial charge in [-0.1, -0.05) is 51.5 Å². The zero-order valence-electron chi connectivity index (χ0n) is 25.1. The van der Waals surface area contributed by atoms with E-state index in [1.165, 1.54) is 15.9 Å². The molecule has 0 saturated heterocycles. The number of nitrogens with zero attached hydrogens (tertiary/aromatic N) is 3. The summed E-state index contributed by atoms with van der Waals surface area (Å²) in [5, 5.41) is 9.11. The average Bonchev–Trinajstić information content (AvgIpc) is 3.34. The second-order valence-corrected chi connectivity index (χ2v) is 11.9. The topological polar surface area (TPSA) is 112 Å². The van der Waals surface area contributed by atoms with Gasteiger partial charge in [0.2, 0.25) is 0 Å². The van der Waals surface area contributed by atoms with Crippen LogP contribution in [0.25, 0.3) is 6.08 Å². The van der Waals surface area contributed by atoms with Gasteiger partial charge in [0.1, 0.15) is 12.4 Å². The van der Waals surface area contributed by atoms with Crippen molar-refractivity contribution in [2.45, 2.75) is 33.4 Å². The van der Waals surface area contributed by atoms with Crippen molar-refractivity contribution in [3.05, 3.63) is 118 Å². The van der Waals surface area contributed by atoms with Gasteiger partial charge in [0.15, 0.2) is 16.3 Å². The van der Waals surface area contributed by atoms with Gasteiger partial charge in [0.05, 0.1) is 53.8 Å². The van der Waals surface area contributed by atoms with Gasteiger partial charge in [0, 0.05) is 10.0 Å². The van der Waals surface area contributed by atoms with E-state index in [0.717, 1.165) is 15.6 Å². The van der Waals surface area contributed by atoms with Crippen molar-refractivity contribution in [1.82, 2.24) is 4.57 Å². The Balaban J connectivity index is 1.63. The van der Waals surface area contributed by atoms with Gasteiger partial charge in [-0.25, -0.2) is 9.79 Å². The maximum atomic E-state index is 14.2. The maximum absolute atomic E-state index is 14.2. The minimum absolute atomic E-state index is 0.187. The van der Waals surface area contributed by atoms with E-state index in [1.807, 2.05) is 49.4 Å². The summed E-state index contributed by atoms with van der Waals surface area (Å²) in [6.07, 6.45) is 1.74. The summed E-state index contributed by atoms with van der Waals surface area (Å²) in [6.45, 7) is 6.31. The standard InChI is InChI=1S/C34H30BrN3O6S/c1-5-42-26-13-11-23(12-14-26)30-29(33(40)43-6-2)20(3)37-34-38(30)32(39)28(45-34)16-24-15-25(35)17-27(41-4)31(24)44-19-22-9-7-21(18-36)8-10-22/h7-17,30H,5-6,19H2,1-4H3/b28-16-/t30-/m0/s1. The molecule has 0 radical (unpaired) electrons. The number of methoxy groups -OCH3 is 1. The fourth-order valence-corrected chi connectivity index (χ4v) is 6.49. The zero-order valence-corrected chi connectivity index (χ0v) is 27.5. The molecule has 1 aliphatic rings. The number of ether oxygens (including phenoxy) is 4. The van der Waals surface area contributed by atoms with E-state index in [-0.39, 0.29) is 18.8 Å². The van der Waals surface area contributed by atoms with E-state index in [4.69, 9.17) is 24.2 Å². The molecule has 45 heavy (non-hydrogen) atoms. The number of halogens is 1. The van der Waals surface area contributed by atoms with Crippen molar-refractivity contribution >= 4 is 39.3 Å². The Morgan fingerprint density at radius 1 is 1.09 bits per heavy atom. The van der Waals surface area contributed by atoms with E-state index in [2.05, 4.69) is 27.0 Å². The Morgan fingerprint density at radius 2 is 1.82 bits per heavy atom. The van der Waals surface area contributed by atoms with Gasteiger partial charge in [0.25, 0.3) is 5.56 Å². The molecule has 0 spiro atoms. The third-order valence-electron chi connectivity index (χ3n) is 7.04. The summed E-state index contributed by atoms with van der Waals surface area (Å²) in [4.78, 5) is 32.5. The average molecular weight is 689 g/mol. The highest BCUT2D eigenvalue weighted by Crippen LogP contribution is 2.36. The van der Waals surface area contributed by atoms with Gasteiger partial charge in [-0.2, -0.15) is 5.26 Å². The van der Waals surface area contributed by atoms with Gasteiger partial charge in [-0.15, -0.1) is 0 Å². The van der Waals surface area contributed by atoms with Crippen molar-refractivity contribution < 1.29 is 23.7 Å². The summed E-state index contributed by atoms with van der Waals surface area (Å²) >= 11 is 4.76. The molecule has 0 saturated carbocycles. The highest BCUT2D eigenvalue weighted by atomic mass is 79.9. The number of hydrogen-bond donors (Lipinski definition) is 0. The van der Waals surface area contributed by atoms with Crippen LogP contribution in [0.2, 0.25) is 0 Å². The third kappa shape index (κ3) is 6.72. The molecule has 0 aliphatic carbocycles. The Morgan fingerprint density at radius 3 is 2.47 bits per heavy atom. The van der Waals surface area contributed by atoms with E-state index < -0.39 is 12.0 Å². The highest BCUT2D eigenvalue weighted by Gasteiger charge is 2.33. The number of benzene rings is 3. The Labute approximate surface area is 272 Å². The van der Waals surface area contributed by atoms with Crippen LogP contribution in [-0.4, -0.2) is 30.9 Å². The number of carbonyl (C=O) groups is 1. The van der Waals surface area contributed by atoms with Gasteiger partial charge in [-0.05, 0) is 74.4 Å². The number of esters is 1.